The van der Waals surface area contributed by atoms with E-state index in [2.05, 4.69) is 0 Å². The predicted octanol–water partition coefficient (Wildman–Crippen LogP) is 3.51. The molecule has 106 valence electrons. The fourth-order valence-electron chi connectivity index (χ4n) is 2.00. The zero-order valence-electron chi connectivity index (χ0n) is 11.4. The first-order valence-electron chi connectivity index (χ1n) is 6.13. The van der Waals surface area contributed by atoms with E-state index in [0.29, 0.717) is 26.7 Å². The van der Waals surface area contributed by atoms with Crippen LogP contribution in [0, 0.1) is 13.8 Å². The second kappa shape index (κ2) is 5.46. The summed E-state index contributed by atoms with van der Waals surface area (Å²) in [6.45, 7) is 3.55. The number of hydrogen-bond donors (Lipinski definition) is 1. The topological polar surface area (TPSA) is 60.2 Å². The summed E-state index contributed by atoms with van der Waals surface area (Å²) >= 11 is 6.00. The van der Waals surface area contributed by atoms with Crippen LogP contribution < -0.4 is 5.73 Å². The number of nitrogen functional groups attached to an aromatic ring is 1. The maximum absolute atomic E-state index is 12.5. The van der Waals surface area contributed by atoms with Crippen LogP contribution in [-0.4, -0.2) is 8.42 Å². The van der Waals surface area contributed by atoms with Gasteiger partial charge < -0.3 is 5.73 Å². The van der Waals surface area contributed by atoms with Gasteiger partial charge in [0.25, 0.3) is 0 Å². The lowest BCUT2D eigenvalue weighted by molar-refractivity contribution is 0.594. The first kappa shape index (κ1) is 14.9. The standard InChI is InChI=1S/C15H16ClNO2S/c1-10-8-15(11(2)7-14(10)16)20(18,19)9-12-3-5-13(17)6-4-12/h3-8H,9,17H2,1-2H3. The van der Waals surface area contributed by atoms with E-state index in [1.54, 1.807) is 50.2 Å². The lowest BCUT2D eigenvalue weighted by Gasteiger charge is -2.10. The maximum Gasteiger partial charge on any atom is 0.182 e. The average molecular weight is 310 g/mol. The summed E-state index contributed by atoms with van der Waals surface area (Å²) in [6.07, 6.45) is 0. The summed E-state index contributed by atoms with van der Waals surface area (Å²) in [5, 5.41) is 0.578. The van der Waals surface area contributed by atoms with E-state index in [1.165, 1.54) is 0 Å². The highest BCUT2D eigenvalue weighted by Gasteiger charge is 2.19. The summed E-state index contributed by atoms with van der Waals surface area (Å²) in [5.74, 6) is -0.0464. The van der Waals surface area contributed by atoms with Gasteiger partial charge in [0.15, 0.2) is 9.84 Å². The molecule has 0 saturated heterocycles. The highest BCUT2D eigenvalue weighted by Crippen LogP contribution is 2.26. The highest BCUT2D eigenvalue weighted by atomic mass is 35.5. The largest absolute Gasteiger partial charge is 0.399 e. The molecule has 0 aliphatic rings. The Balaban J connectivity index is 2.40. The van der Waals surface area contributed by atoms with Crippen LogP contribution in [0.2, 0.25) is 5.02 Å². The van der Waals surface area contributed by atoms with Crippen molar-refractivity contribution in [3.05, 3.63) is 58.1 Å². The Morgan fingerprint density at radius 3 is 2.25 bits per heavy atom. The maximum atomic E-state index is 12.5. The number of nitrogens with two attached hydrogens (primary N) is 1. The Morgan fingerprint density at radius 2 is 1.65 bits per heavy atom. The van der Waals surface area contributed by atoms with Crippen molar-refractivity contribution in [3.8, 4) is 0 Å². The third-order valence-electron chi connectivity index (χ3n) is 3.13. The summed E-state index contributed by atoms with van der Waals surface area (Å²) in [6, 6.07) is 10.2. The van der Waals surface area contributed by atoms with Crippen LogP contribution >= 0.6 is 11.6 Å². The van der Waals surface area contributed by atoms with Crippen molar-refractivity contribution in [2.45, 2.75) is 24.5 Å². The van der Waals surface area contributed by atoms with E-state index in [9.17, 15) is 8.42 Å². The molecule has 20 heavy (non-hydrogen) atoms. The monoisotopic (exact) mass is 309 g/mol. The number of anilines is 1. The van der Waals surface area contributed by atoms with Gasteiger partial charge in [-0.05, 0) is 54.8 Å². The quantitative estimate of drug-likeness (QED) is 0.883. The smallest absolute Gasteiger partial charge is 0.182 e. The molecule has 2 aromatic rings. The van der Waals surface area contributed by atoms with E-state index in [4.69, 9.17) is 17.3 Å². The first-order valence-corrected chi connectivity index (χ1v) is 8.16. The summed E-state index contributed by atoms with van der Waals surface area (Å²) in [4.78, 5) is 0.330. The van der Waals surface area contributed by atoms with Gasteiger partial charge in [0.1, 0.15) is 0 Å². The third-order valence-corrected chi connectivity index (χ3v) is 5.36. The molecular formula is C15H16ClNO2S. The number of halogens is 1. The molecule has 2 N–H and O–H groups in total. The Morgan fingerprint density at radius 1 is 1.05 bits per heavy atom. The lowest BCUT2D eigenvalue weighted by Crippen LogP contribution is -2.07. The normalized spacial score (nSPS) is 11.6. The Bertz CT molecular complexity index is 737. The fraction of sp³-hybridized carbons (Fsp3) is 0.200. The van der Waals surface area contributed by atoms with Gasteiger partial charge in [0.2, 0.25) is 0 Å². The third kappa shape index (κ3) is 3.14. The molecule has 0 unspecified atom stereocenters. The number of hydrogen-bond acceptors (Lipinski definition) is 3. The van der Waals surface area contributed by atoms with Gasteiger partial charge in [-0.2, -0.15) is 0 Å². The van der Waals surface area contributed by atoms with Gasteiger partial charge in [-0.25, -0.2) is 8.42 Å². The molecule has 5 heteroatoms. The van der Waals surface area contributed by atoms with Gasteiger partial charge in [0, 0.05) is 10.7 Å². The van der Waals surface area contributed by atoms with Crippen molar-refractivity contribution in [2.24, 2.45) is 0 Å². The van der Waals surface area contributed by atoms with Crippen molar-refractivity contribution < 1.29 is 8.42 Å². The fourth-order valence-corrected chi connectivity index (χ4v) is 3.91. The van der Waals surface area contributed by atoms with Crippen molar-refractivity contribution in [2.75, 3.05) is 5.73 Å². The Kier molecular flexibility index (Phi) is 4.06. The van der Waals surface area contributed by atoms with E-state index in [1.807, 2.05) is 0 Å². The molecule has 3 nitrogen and oxygen atoms in total. The average Bonchev–Trinajstić information content (AvgIpc) is 2.36. The first-order chi connectivity index (χ1) is 9.29. The molecule has 2 aromatic carbocycles. The van der Waals surface area contributed by atoms with Gasteiger partial charge in [0.05, 0.1) is 10.6 Å². The zero-order chi connectivity index (χ0) is 14.9. The molecule has 0 spiro atoms. The molecule has 0 aliphatic heterocycles. The van der Waals surface area contributed by atoms with E-state index in [-0.39, 0.29) is 5.75 Å². The number of aryl methyl sites for hydroxylation is 2. The number of rotatable bonds is 3. The Hall–Kier alpha value is -1.52. The van der Waals surface area contributed by atoms with Crippen molar-refractivity contribution in [1.29, 1.82) is 0 Å². The van der Waals surface area contributed by atoms with Crippen LogP contribution in [0.25, 0.3) is 0 Å². The molecule has 0 radical (unpaired) electrons. The van der Waals surface area contributed by atoms with Gasteiger partial charge in [-0.15, -0.1) is 0 Å². The number of benzene rings is 2. The van der Waals surface area contributed by atoms with Crippen LogP contribution in [-0.2, 0) is 15.6 Å². The zero-order valence-corrected chi connectivity index (χ0v) is 12.9. The minimum absolute atomic E-state index is 0.0464. The number of sulfone groups is 1. The van der Waals surface area contributed by atoms with E-state index < -0.39 is 9.84 Å². The second-order valence-corrected chi connectivity index (χ2v) is 7.23. The molecule has 0 aromatic heterocycles. The highest BCUT2D eigenvalue weighted by molar-refractivity contribution is 7.90. The van der Waals surface area contributed by atoms with E-state index in [0.717, 1.165) is 5.56 Å². The van der Waals surface area contributed by atoms with Crippen LogP contribution in [0.15, 0.2) is 41.3 Å². The molecule has 0 heterocycles. The second-order valence-electron chi connectivity index (χ2n) is 4.87. The van der Waals surface area contributed by atoms with E-state index >= 15 is 0 Å². The molecule has 0 aliphatic carbocycles. The Labute approximate surface area is 124 Å². The molecule has 0 saturated carbocycles. The summed E-state index contributed by atoms with van der Waals surface area (Å²) in [5.41, 5.74) is 8.35. The van der Waals surface area contributed by atoms with Gasteiger partial charge in [-0.1, -0.05) is 23.7 Å². The lowest BCUT2D eigenvalue weighted by atomic mass is 10.2. The molecule has 2 rings (SSSR count). The van der Waals surface area contributed by atoms with Gasteiger partial charge in [-0.3, -0.25) is 0 Å². The van der Waals surface area contributed by atoms with Crippen LogP contribution in [0.1, 0.15) is 16.7 Å². The van der Waals surface area contributed by atoms with Gasteiger partial charge >= 0.3 is 0 Å². The molecular weight excluding hydrogens is 294 g/mol. The SMILES string of the molecule is Cc1cc(S(=O)(=O)Cc2ccc(N)cc2)c(C)cc1Cl. The van der Waals surface area contributed by atoms with Crippen LogP contribution in [0.4, 0.5) is 5.69 Å². The van der Waals surface area contributed by atoms with Crippen molar-refractivity contribution in [3.63, 3.8) is 0 Å². The minimum Gasteiger partial charge on any atom is -0.399 e. The summed E-state index contributed by atoms with van der Waals surface area (Å²) in [7, 11) is -3.40. The van der Waals surface area contributed by atoms with Crippen molar-refractivity contribution in [1.82, 2.24) is 0 Å². The minimum atomic E-state index is -3.40. The van der Waals surface area contributed by atoms with Crippen molar-refractivity contribution >= 4 is 27.1 Å². The molecule has 0 fully saturated rings. The predicted molar refractivity (Wildman–Crippen MR) is 82.7 cm³/mol. The molecule has 0 bridgehead atoms. The molecule has 0 amide bonds. The summed E-state index contributed by atoms with van der Waals surface area (Å²) < 4.78 is 25.0. The van der Waals surface area contributed by atoms with Crippen LogP contribution in [0.5, 0.6) is 0 Å². The van der Waals surface area contributed by atoms with Crippen LogP contribution in [0.3, 0.4) is 0 Å². The molecule has 0 atom stereocenters.